The molecule has 0 N–H and O–H groups in total. The van der Waals surface area contributed by atoms with Gasteiger partial charge in [-0.2, -0.15) is 0 Å². The fraction of sp³-hybridized carbons (Fsp3) is 0.409. The van der Waals surface area contributed by atoms with Crippen LogP contribution in [0.5, 0.6) is 0 Å². The van der Waals surface area contributed by atoms with Gasteiger partial charge in [0.15, 0.2) is 0 Å². The molecule has 0 atom stereocenters. The van der Waals surface area contributed by atoms with Crippen LogP contribution in [0.4, 0.5) is 0 Å². The Kier molecular flexibility index (Phi) is 6.04. The average Bonchev–Trinajstić information content (AvgIpc) is 2.52. The first-order valence-corrected chi connectivity index (χ1v) is 12.9. The molecule has 0 fully saturated rings. The quantitative estimate of drug-likeness (QED) is 0.638. The van der Waals surface area contributed by atoms with Gasteiger partial charge >= 0.3 is 0 Å². The lowest BCUT2D eigenvalue weighted by molar-refractivity contribution is 0.0786. The zero-order valence-corrected chi connectivity index (χ0v) is 18.7. The number of carbonyl (C=O) groups is 1. The second kappa shape index (κ2) is 7.57. The predicted octanol–water partition coefficient (Wildman–Crippen LogP) is 5.45. The third-order valence-electron chi connectivity index (χ3n) is 4.62. The van der Waals surface area contributed by atoms with Crippen molar-refractivity contribution in [2.24, 2.45) is 0 Å². The largest absolute Gasteiger partial charge is 0.337 e. The van der Waals surface area contributed by atoms with Crippen molar-refractivity contribution in [3.05, 3.63) is 64.2 Å². The molecule has 0 radical (unpaired) electrons. The van der Waals surface area contributed by atoms with Crippen LogP contribution in [0.25, 0.3) is 0 Å². The van der Waals surface area contributed by atoms with Gasteiger partial charge in [-0.1, -0.05) is 88.4 Å². The number of carbonyl (C=O) groups excluding carboxylic acids is 1. The van der Waals surface area contributed by atoms with Crippen molar-refractivity contribution in [3.63, 3.8) is 0 Å². The summed E-state index contributed by atoms with van der Waals surface area (Å²) in [4.78, 5) is 14.9. The van der Waals surface area contributed by atoms with Crippen LogP contribution in [-0.4, -0.2) is 25.9 Å². The minimum Gasteiger partial charge on any atom is -0.337 e. The standard InChI is InChI=1S/C22H30ClNOSi/c1-22(2,3)17-13-11-16(12-14-17)15-24(4)21(25)20-18(23)9-8-10-19(20)26(5,6)7/h8-14H,15H2,1-7H3. The molecule has 0 saturated heterocycles. The van der Waals surface area contributed by atoms with Crippen LogP contribution in [0.15, 0.2) is 42.5 Å². The van der Waals surface area contributed by atoms with Crippen LogP contribution in [0.2, 0.25) is 24.7 Å². The molecule has 26 heavy (non-hydrogen) atoms. The van der Waals surface area contributed by atoms with Gasteiger partial charge < -0.3 is 4.90 Å². The van der Waals surface area contributed by atoms with E-state index in [0.29, 0.717) is 17.1 Å². The molecule has 140 valence electrons. The smallest absolute Gasteiger partial charge is 0.255 e. The van der Waals surface area contributed by atoms with E-state index in [4.69, 9.17) is 11.6 Å². The monoisotopic (exact) mass is 387 g/mol. The van der Waals surface area contributed by atoms with Gasteiger partial charge in [0.25, 0.3) is 5.91 Å². The maximum Gasteiger partial charge on any atom is 0.255 e. The fourth-order valence-electron chi connectivity index (χ4n) is 3.01. The highest BCUT2D eigenvalue weighted by molar-refractivity contribution is 6.89. The molecule has 1 amide bonds. The summed E-state index contributed by atoms with van der Waals surface area (Å²) >= 11 is 6.42. The molecule has 2 rings (SSSR count). The molecular formula is C22H30ClNOSi. The van der Waals surface area contributed by atoms with E-state index in [9.17, 15) is 4.79 Å². The lowest BCUT2D eigenvalue weighted by Crippen LogP contribution is -2.43. The molecule has 0 bridgehead atoms. The van der Waals surface area contributed by atoms with Crippen molar-refractivity contribution in [1.29, 1.82) is 0 Å². The Morgan fingerprint density at radius 1 is 1.04 bits per heavy atom. The Bertz CT molecular complexity index is 785. The van der Waals surface area contributed by atoms with Gasteiger partial charge in [-0.25, -0.2) is 0 Å². The number of halogens is 1. The van der Waals surface area contributed by atoms with E-state index in [1.54, 1.807) is 4.90 Å². The molecule has 0 unspecified atom stereocenters. The number of nitrogens with zero attached hydrogens (tertiary/aromatic N) is 1. The lowest BCUT2D eigenvalue weighted by atomic mass is 9.87. The Labute approximate surface area is 164 Å². The normalized spacial score (nSPS) is 12.2. The van der Waals surface area contributed by atoms with Crippen LogP contribution < -0.4 is 5.19 Å². The average molecular weight is 388 g/mol. The van der Waals surface area contributed by atoms with Crippen LogP contribution in [0.3, 0.4) is 0 Å². The zero-order chi connectivity index (χ0) is 19.7. The lowest BCUT2D eigenvalue weighted by Gasteiger charge is -2.25. The molecule has 0 aliphatic heterocycles. The van der Waals surface area contributed by atoms with Crippen molar-refractivity contribution < 1.29 is 4.79 Å². The molecular weight excluding hydrogens is 358 g/mol. The van der Waals surface area contributed by atoms with Gasteiger partial charge in [0.05, 0.1) is 18.7 Å². The Morgan fingerprint density at radius 2 is 1.62 bits per heavy atom. The molecule has 0 saturated carbocycles. The summed E-state index contributed by atoms with van der Waals surface area (Å²) in [7, 11) is 0.174. The number of benzene rings is 2. The van der Waals surface area contributed by atoms with E-state index in [-0.39, 0.29) is 11.3 Å². The zero-order valence-electron chi connectivity index (χ0n) is 17.0. The molecule has 0 spiro atoms. The molecule has 0 aliphatic rings. The maximum absolute atomic E-state index is 13.1. The van der Waals surface area contributed by atoms with Gasteiger partial charge in [-0.3, -0.25) is 4.79 Å². The molecule has 4 heteroatoms. The molecule has 2 aromatic carbocycles. The highest BCUT2D eigenvalue weighted by Gasteiger charge is 2.27. The third-order valence-corrected chi connectivity index (χ3v) is 6.97. The van der Waals surface area contributed by atoms with Gasteiger partial charge in [-0.05, 0) is 27.8 Å². The Morgan fingerprint density at radius 3 is 2.12 bits per heavy atom. The highest BCUT2D eigenvalue weighted by atomic mass is 35.5. The summed E-state index contributed by atoms with van der Waals surface area (Å²) in [6, 6.07) is 14.3. The van der Waals surface area contributed by atoms with E-state index in [2.05, 4.69) is 70.7 Å². The maximum atomic E-state index is 13.1. The van der Waals surface area contributed by atoms with E-state index >= 15 is 0 Å². The Hall–Kier alpha value is -1.58. The fourth-order valence-corrected chi connectivity index (χ4v) is 4.94. The van der Waals surface area contributed by atoms with Crippen LogP contribution >= 0.6 is 11.6 Å². The summed E-state index contributed by atoms with van der Waals surface area (Å²) < 4.78 is 0. The Balaban J connectivity index is 2.26. The van der Waals surface area contributed by atoms with Crippen molar-refractivity contribution in [1.82, 2.24) is 4.90 Å². The summed E-state index contributed by atoms with van der Waals surface area (Å²) in [6.45, 7) is 13.9. The SMILES string of the molecule is CN(Cc1ccc(C(C)(C)C)cc1)C(=O)c1c(Cl)cccc1[Si](C)(C)C. The van der Waals surface area contributed by atoms with Crippen LogP contribution in [0, 0.1) is 0 Å². The number of hydrogen-bond donors (Lipinski definition) is 0. The van der Waals surface area contributed by atoms with E-state index in [0.717, 1.165) is 10.8 Å². The summed E-state index contributed by atoms with van der Waals surface area (Å²) in [5.74, 6) is -0.00655. The van der Waals surface area contributed by atoms with Crippen LogP contribution in [-0.2, 0) is 12.0 Å². The molecule has 0 heterocycles. The molecule has 2 nitrogen and oxygen atoms in total. The van der Waals surface area contributed by atoms with Crippen molar-refractivity contribution >= 4 is 30.8 Å². The molecule has 0 aromatic heterocycles. The minimum atomic E-state index is -1.67. The van der Waals surface area contributed by atoms with E-state index in [1.807, 2.05) is 19.2 Å². The van der Waals surface area contributed by atoms with Gasteiger partial charge in [0.2, 0.25) is 0 Å². The second-order valence-electron chi connectivity index (χ2n) is 9.02. The third kappa shape index (κ3) is 4.77. The van der Waals surface area contributed by atoms with E-state index < -0.39 is 8.07 Å². The van der Waals surface area contributed by atoms with Crippen molar-refractivity contribution in [3.8, 4) is 0 Å². The number of hydrogen-bond acceptors (Lipinski definition) is 1. The first-order valence-electron chi connectivity index (χ1n) is 9.05. The van der Waals surface area contributed by atoms with Gasteiger partial charge in [0, 0.05) is 13.6 Å². The highest BCUT2D eigenvalue weighted by Crippen LogP contribution is 2.23. The van der Waals surface area contributed by atoms with Gasteiger partial charge in [-0.15, -0.1) is 0 Å². The number of amides is 1. The minimum absolute atomic E-state index is 0.00655. The summed E-state index contributed by atoms with van der Waals surface area (Å²) in [6.07, 6.45) is 0. The van der Waals surface area contributed by atoms with Crippen molar-refractivity contribution in [2.45, 2.75) is 52.4 Å². The number of rotatable bonds is 4. The first kappa shape index (κ1) is 20.7. The van der Waals surface area contributed by atoms with Crippen LogP contribution in [0.1, 0.15) is 42.3 Å². The van der Waals surface area contributed by atoms with Gasteiger partial charge in [0.1, 0.15) is 0 Å². The predicted molar refractivity (Wildman–Crippen MR) is 115 cm³/mol. The van der Waals surface area contributed by atoms with E-state index in [1.165, 1.54) is 5.56 Å². The second-order valence-corrected chi connectivity index (χ2v) is 14.5. The molecule has 0 aliphatic carbocycles. The summed E-state index contributed by atoms with van der Waals surface area (Å²) in [5.41, 5.74) is 3.21. The molecule has 2 aromatic rings. The summed E-state index contributed by atoms with van der Waals surface area (Å²) in [5, 5.41) is 1.66. The first-order chi connectivity index (χ1) is 11.9. The topological polar surface area (TPSA) is 20.3 Å². The van der Waals surface area contributed by atoms with Crippen molar-refractivity contribution in [2.75, 3.05) is 7.05 Å².